The quantitative estimate of drug-likeness (QED) is 0.566. The Morgan fingerprint density at radius 2 is 2.20 bits per heavy atom. The lowest BCUT2D eigenvalue weighted by Gasteiger charge is -2.19. The lowest BCUT2D eigenvalue weighted by Crippen LogP contribution is -2.34. The van der Waals surface area contributed by atoms with E-state index in [2.05, 4.69) is 18.4 Å². The predicted octanol–water partition coefficient (Wildman–Crippen LogP) is 1.47. The number of hydrogen-bond donors (Lipinski definition) is 1. The van der Waals surface area contributed by atoms with Crippen molar-refractivity contribution in [1.82, 2.24) is 0 Å². The van der Waals surface area contributed by atoms with E-state index < -0.39 is 11.9 Å². The molecular weight excluding hydrogens is 192 g/mol. The van der Waals surface area contributed by atoms with Gasteiger partial charge in [0.05, 0.1) is 6.10 Å². The van der Waals surface area contributed by atoms with Gasteiger partial charge in [0.1, 0.15) is 12.2 Å². The summed E-state index contributed by atoms with van der Waals surface area (Å²) in [5.74, 6) is 4.91. The molecule has 1 N–H and O–H groups in total. The van der Waals surface area contributed by atoms with E-state index in [1.54, 1.807) is 13.0 Å². The molecule has 0 unspecified atom stereocenters. The smallest absolute Gasteiger partial charge is 0.164 e. The molecule has 0 aliphatic carbocycles. The Morgan fingerprint density at radius 1 is 1.53 bits per heavy atom. The highest BCUT2D eigenvalue weighted by molar-refractivity contribution is 5.02. The van der Waals surface area contributed by atoms with Crippen molar-refractivity contribution in [3.05, 3.63) is 12.7 Å². The summed E-state index contributed by atoms with van der Waals surface area (Å²) in [4.78, 5) is 0. The van der Waals surface area contributed by atoms with Crippen LogP contribution in [-0.4, -0.2) is 29.2 Å². The minimum absolute atomic E-state index is 0.270. The van der Waals surface area contributed by atoms with Crippen molar-refractivity contribution < 1.29 is 14.6 Å². The van der Waals surface area contributed by atoms with Crippen molar-refractivity contribution in [2.24, 2.45) is 0 Å². The molecule has 0 radical (unpaired) electrons. The van der Waals surface area contributed by atoms with Crippen LogP contribution in [0.1, 0.15) is 27.2 Å². The van der Waals surface area contributed by atoms with Gasteiger partial charge in [0.25, 0.3) is 0 Å². The third kappa shape index (κ3) is 3.07. The summed E-state index contributed by atoms with van der Waals surface area (Å²) in [6.45, 7) is 9.06. The third-order valence-corrected chi connectivity index (χ3v) is 2.26. The van der Waals surface area contributed by atoms with Crippen LogP contribution in [0.3, 0.4) is 0 Å². The second-order valence-electron chi connectivity index (χ2n) is 4.00. The zero-order chi connectivity index (χ0) is 11.5. The average molecular weight is 210 g/mol. The van der Waals surface area contributed by atoms with Gasteiger partial charge in [0.15, 0.2) is 5.79 Å². The van der Waals surface area contributed by atoms with E-state index in [0.29, 0.717) is 6.42 Å². The monoisotopic (exact) mass is 210 g/mol. The Balaban J connectivity index is 2.66. The number of aliphatic hydroxyl groups excluding tert-OH is 1. The molecule has 3 atom stereocenters. The van der Waals surface area contributed by atoms with Crippen LogP contribution in [0.5, 0.6) is 0 Å². The van der Waals surface area contributed by atoms with Crippen molar-refractivity contribution in [2.45, 2.75) is 51.3 Å². The fraction of sp³-hybridized carbons (Fsp3) is 0.667. The molecule has 3 nitrogen and oxygen atoms in total. The molecule has 0 bridgehead atoms. The van der Waals surface area contributed by atoms with Gasteiger partial charge < -0.3 is 14.6 Å². The van der Waals surface area contributed by atoms with Crippen molar-refractivity contribution in [1.29, 1.82) is 0 Å². The summed E-state index contributed by atoms with van der Waals surface area (Å²) >= 11 is 0. The van der Waals surface area contributed by atoms with Crippen LogP contribution >= 0.6 is 0 Å². The third-order valence-electron chi connectivity index (χ3n) is 2.26. The molecule has 0 aromatic carbocycles. The summed E-state index contributed by atoms with van der Waals surface area (Å²) in [6, 6.07) is 0. The maximum Gasteiger partial charge on any atom is 0.164 e. The molecule has 0 aromatic heterocycles. The van der Waals surface area contributed by atoms with E-state index in [4.69, 9.17) is 9.47 Å². The topological polar surface area (TPSA) is 38.7 Å². The fourth-order valence-electron chi connectivity index (χ4n) is 1.62. The van der Waals surface area contributed by atoms with Gasteiger partial charge in [-0.05, 0) is 20.8 Å². The molecular formula is C12H18O3. The van der Waals surface area contributed by atoms with Crippen molar-refractivity contribution >= 4 is 0 Å². The zero-order valence-corrected chi connectivity index (χ0v) is 9.49. The van der Waals surface area contributed by atoms with Crippen LogP contribution in [0, 0.1) is 11.8 Å². The molecule has 0 saturated carbocycles. The van der Waals surface area contributed by atoms with Gasteiger partial charge in [0.2, 0.25) is 0 Å². The fourth-order valence-corrected chi connectivity index (χ4v) is 1.62. The SMILES string of the molecule is C=C[C@@H]1OC(C)(C)O[C@H]1[C@H](O)CC#CC. The van der Waals surface area contributed by atoms with E-state index >= 15 is 0 Å². The summed E-state index contributed by atoms with van der Waals surface area (Å²) in [7, 11) is 0. The Labute approximate surface area is 91.1 Å². The zero-order valence-electron chi connectivity index (χ0n) is 9.49. The van der Waals surface area contributed by atoms with Crippen LogP contribution < -0.4 is 0 Å². The van der Waals surface area contributed by atoms with Crippen LogP contribution in [-0.2, 0) is 9.47 Å². The average Bonchev–Trinajstić information content (AvgIpc) is 2.50. The Hall–Kier alpha value is -0.820. The molecule has 3 heteroatoms. The first-order valence-corrected chi connectivity index (χ1v) is 5.06. The molecule has 0 spiro atoms. The number of hydrogen-bond acceptors (Lipinski definition) is 3. The van der Waals surface area contributed by atoms with Gasteiger partial charge in [-0.25, -0.2) is 0 Å². The first kappa shape index (κ1) is 12.3. The summed E-state index contributed by atoms with van der Waals surface area (Å²) in [6.07, 6.45) is 0.765. The van der Waals surface area contributed by atoms with Crippen molar-refractivity contribution in [2.75, 3.05) is 0 Å². The Morgan fingerprint density at radius 3 is 2.73 bits per heavy atom. The minimum atomic E-state index is -0.663. The first-order chi connectivity index (χ1) is 7.00. The van der Waals surface area contributed by atoms with Crippen molar-refractivity contribution in [3.8, 4) is 11.8 Å². The second-order valence-corrected chi connectivity index (χ2v) is 4.00. The second kappa shape index (κ2) is 4.80. The van der Waals surface area contributed by atoms with Crippen LogP contribution in [0.15, 0.2) is 12.7 Å². The summed E-state index contributed by atoms with van der Waals surface area (Å²) < 4.78 is 11.2. The Kier molecular flexibility index (Phi) is 3.92. The van der Waals surface area contributed by atoms with E-state index in [-0.39, 0.29) is 12.2 Å². The van der Waals surface area contributed by atoms with E-state index in [0.717, 1.165) is 0 Å². The molecule has 1 heterocycles. The highest BCUT2D eigenvalue weighted by Crippen LogP contribution is 2.31. The molecule has 1 aliphatic heterocycles. The number of rotatable bonds is 3. The largest absolute Gasteiger partial charge is 0.389 e. The molecule has 0 amide bonds. The maximum atomic E-state index is 9.86. The lowest BCUT2D eigenvalue weighted by atomic mass is 10.1. The van der Waals surface area contributed by atoms with Crippen molar-refractivity contribution in [3.63, 3.8) is 0 Å². The number of ether oxygens (including phenoxy) is 2. The highest BCUT2D eigenvalue weighted by atomic mass is 16.8. The summed E-state index contributed by atoms with van der Waals surface area (Å²) in [5, 5.41) is 9.86. The molecule has 1 fully saturated rings. The van der Waals surface area contributed by atoms with E-state index in [1.807, 2.05) is 13.8 Å². The van der Waals surface area contributed by atoms with Gasteiger partial charge in [-0.3, -0.25) is 0 Å². The van der Waals surface area contributed by atoms with E-state index in [1.165, 1.54) is 0 Å². The van der Waals surface area contributed by atoms with Gasteiger partial charge >= 0.3 is 0 Å². The van der Waals surface area contributed by atoms with Gasteiger partial charge in [-0.2, -0.15) is 0 Å². The Bertz CT molecular complexity index is 285. The van der Waals surface area contributed by atoms with E-state index in [9.17, 15) is 5.11 Å². The maximum absolute atomic E-state index is 9.86. The molecule has 84 valence electrons. The van der Waals surface area contributed by atoms with Gasteiger partial charge in [0, 0.05) is 6.42 Å². The highest BCUT2D eigenvalue weighted by Gasteiger charge is 2.42. The standard InChI is InChI=1S/C12H18O3/c1-5-7-8-9(13)11-10(6-2)14-12(3,4)15-11/h6,9-11,13H,2,8H2,1,3-4H3/t9-,10+,11+/m1/s1. The minimum Gasteiger partial charge on any atom is -0.389 e. The molecule has 1 aliphatic rings. The van der Waals surface area contributed by atoms with Crippen LogP contribution in [0.4, 0.5) is 0 Å². The molecule has 1 rings (SSSR count). The van der Waals surface area contributed by atoms with Crippen LogP contribution in [0.25, 0.3) is 0 Å². The first-order valence-electron chi connectivity index (χ1n) is 5.06. The lowest BCUT2D eigenvalue weighted by molar-refractivity contribution is -0.152. The van der Waals surface area contributed by atoms with Gasteiger partial charge in [-0.1, -0.05) is 6.08 Å². The molecule has 1 saturated heterocycles. The van der Waals surface area contributed by atoms with Crippen LogP contribution in [0.2, 0.25) is 0 Å². The molecule has 15 heavy (non-hydrogen) atoms. The van der Waals surface area contributed by atoms with Gasteiger partial charge in [-0.15, -0.1) is 18.4 Å². The normalized spacial score (nSPS) is 30.4. The predicted molar refractivity (Wildman–Crippen MR) is 58.1 cm³/mol. The molecule has 0 aromatic rings. The summed E-state index contributed by atoms with van der Waals surface area (Å²) in [5.41, 5.74) is 0. The number of aliphatic hydroxyl groups is 1.